The third-order valence-corrected chi connectivity index (χ3v) is 4.54. The standard InChI is InChI=1S/C17H21NO2S/c1-3-15(16-10-7-11-21-16)18-12-14(17(19)20-2)13-8-5-4-6-9-13/h4-11,14-15,18H,3,12H2,1-2H3. The SMILES string of the molecule is CCC(NCC(C(=O)OC)c1ccccc1)c1cccs1. The first kappa shape index (κ1) is 15.7. The molecule has 0 saturated heterocycles. The van der Waals surface area contributed by atoms with E-state index in [-0.39, 0.29) is 17.9 Å². The Bertz CT molecular complexity index is 539. The van der Waals surface area contributed by atoms with Crippen LogP contribution in [0, 0.1) is 0 Å². The summed E-state index contributed by atoms with van der Waals surface area (Å²) >= 11 is 1.74. The Balaban J connectivity index is 2.07. The number of hydrogen-bond donors (Lipinski definition) is 1. The van der Waals surface area contributed by atoms with E-state index in [9.17, 15) is 4.79 Å². The highest BCUT2D eigenvalue weighted by atomic mass is 32.1. The maximum absolute atomic E-state index is 12.0. The molecule has 0 fully saturated rings. The van der Waals surface area contributed by atoms with Crippen LogP contribution >= 0.6 is 11.3 Å². The van der Waals surface area contributed by atoms with Gasteiger partial charge >= 0.3 is 5.97 Å². The van der Waals surface area contributed by atoms with E-state index in [1.165, 1.54) is 12.0 Å². The minimum atomic E-state index is -0.273. The van der Waals surface area contributed by atoms with Gasteiger partial charge in [-0.15, -0.1) is 11.3 Å². The zero-order valence-electron chi connectivity index (χ0n) is 12.4. The Morgan fingerprint density at radius 1 is 1.24 bits per heavy atom. The molecular weight excluding hydrogens is 282 g/mol. The molecule has 2 atom stereocenters. The van der Waals surface area contributed by atoms with Crippen molar-refractivity contribution in [1.82, 2.24) is 5.32 Å². The number of carbonyl (C=O) groups excluding carboxylic acids is 1. The molecule has 21 heavy (non-hydrogen) atoms. The number of rotatable bonds is 7. The van der Waals surface area contributed by atoms with Gasteiger partial charge in [-0.25, -0.2) is 0 Å². The van der Waals surface area contributed by atoms with Crippen LogP contribution in [0.3, 0.4) is 0 Å². The van der Waals surface area contributed by atoms with E-state index in [1.807, 2.05) is 30.3 Å². The number of methoxy groups -OCH3 is 1. The summed E-state index contributed by atoms with van der Waals surface area (Å²) in [7, 11) is 1.44. The minimum absolute atomic E-state index is 0.199. The lowest BCUT2D eigenvalue weighted by Gasteiger charge is -2.20. The number of esters is 1. The van der Waals surface area contributed by atoms with E-state index < -0.39 is 0 Å². The average molecular weight is 303 g/mol. The largest absolute Gasteiger partial charge is 0.469 e. The van der Waals surface area contributed by atoms with Gasteiger partial charge in [-0.1, -0.05) is 43.3 Å². The Hall–Kier alpha value is -1.65. The highest BCUT2D eigenvalue weighted by Crippen LogP contribution is 2.23. The molecule has 0 aliphatic rings. The number of benzene rings is 1. The predicted octanol–water partition coefficient (Wildman–Crippen LogP) is 3.75. The van der Waals surface area contributed by atoms with Gasteiger partial charge in [-0.2, -0.15) is 0 Å². The van der Waals surface area contributed by atoms with Crippen LogP contribution in [0.15, 0.2) is 47.8 Å². The second-order valence-corrected chi connectivity index (χ2v) is 5.85. The van der Waals surface area contributed by atoms with Crippen molar-refractivity contribution in [1.29, 1.82) is 0 Å². The van der Waals surface area contributed by atoms with Crippen LogP contribution in [0.2, 0.25) is 0 Å². The molecule has 1 aromatic carbocycles. The number of thiophene rings is 1. The number of hydrogen-bond acceptors (Lipinski definition) is 4. The number of ether oxygens (including phenoxy) is 1. The third kappa shape index (κ3) is 4.16. The molecule has 2 aromatic rings. The van der Waals surface area contributed by atoms with Crippen LogP contribution in [-0.2, 0) is 9.53 Å². The van der Waals surface area contributed by atoms with Gasteiger partial charge in [0.05, 0.1) is 13.0 Å². The monoisotopic (exact) mass is 303 g/mol. The van der Waals surface area contributed by atoms with Crippen molar-refractivity contribution >= 4 is 17.3 Å². The molecule has 2 unspecified atom stereocenters. The fourth-order valence-corrected chi connectivity index (χ4v) is 3.25. The first-order valence-corrected chi connectivity index (χ1v) is 8.03. The highest BCUT2D eigenvalue weighted by molar-refractivity contribution is 7.10. The van der Waals surface area contributed by atoms with E-state index >= 15 is 0 Å². The molecular formula is C17H21NO2S. The summed E-state index contributed by atoms with van der Waals surface area (Å²) in [6.45, 7) is 2.72. The zero-order valence-corrected chi connectivity index (χ0v) is 13.2. The molecule has 0 aliphatic heterocycles. The van der Waals surface area contributed by atoms with Gasteiger partial charge in [0.2, 0.25) is 0 Å². The van der Waals surface area contributed by atoms with Crippen molar-refractivity contribution in [3.8, 4) is 0 Å². The molecule has 1 aromatic heterocycles. The van der Waals surface area contributed by atoms with E-state index in [2.05, 4.69) is 29.8 Å². The molecule has 0 saturated carbocycles. The normalized spacial score (nSPS) is 13.6. The summed E-state index contributed by atoms with van der Waals surface area (Å²) < 4.78 is 4.95. The van der Waals surface area contributed by atoms with Crippen LogP contribution < -0.4 is 5.32 Å². The predicted molar refractivity (Wildman–Crippen MR) is 86.6 cm³/mol. The molecule has 2 rings (SSSR count). The van der Waals surface area contributed by atoms with Gasteiger partial charge < -0.3 is 10.1 Å². The summed E-state index contributed by atoms with van der Waals surface area (Å²) in [5.74, 6) is -0.472. The molecule has 0 bridgehead atoms. The molecule has 1 heterocycles. The fourth-order valence-electron chi connectivity index (χ4n) is 2.36. The Labute approximate surface area is 130 Å². The minimum Gasteiger partial charge on any atom is -0.469 e. The third-order valence-electron chi connectivity index (χ3n) is 3.55. The molecule has 4 heteroatoms. The van der Waals surface area contributed by atoms with E-state index in [4.69, 9.17) is 4.74 Å². The second-order valence-electron chi connectivity index (χ2n) is 4.87. The smallest absolute Gasteiger partial charge is 0.314 e. The summed E-state index contributed by atoms with van der Waals surface area (Å²) in [6, 6.07) is 14.2. The van der Waals surface area contributed by atoms with Crippen molar-refractivity contribution in [2.45, 2.75) is 25.3 Å². The van der Waals surface area contributed by atoms with Crippen molar-refractivity contribution < 1.29 is 9.53 Å². The van der Waals surface area contributed by atoms with Crippen LogP contribution in [0.5, 0.6) is 0 Å². The lowest BCUT2D eigenvalue weighted by atomic mass is 9.98. The van der Waals surface area contributed by atoms with Crippen molar-refractivity contribution in [3.05, 3.63) is 58.3 Å². The summed E-state index contributed by atoms with van der Waals surface area (Å²) in [5.41, 5.74) is 0.984. The average Bonchev–Trinajstić information content (AvgIpc) is 3.06. The van der Waals surface area contributed by atoms with E-state index in [0.717, 1.165) is 12.0 Å². The zero-order chi connectivity index (χ0) is 15.1. The summed E-state index contributed by atoms with van der Waals surface area (Å²) in [4.78, 5) is 13.3. The molecule has 0 spiro atoms. The number of nitrogens with one attached hydrogen (secondary N) is 1. The lowest BCUT2D eigenvalue weighted by molar-refractivity contribution is -0.142. The van der Waals surface area contributed by atoms with Crippen LogP contribution in [0.4, 0.5) is 0 Å². The van der Waals surface area contributed by atoms with Crippen molar-refractivity contribution in [2.75, 3.05) is 13.7 Å². The van der Waals surface area contributed by atoms with Gasteiger partial charge in [0.1, 0.15) is 0 Å². The molecule has 1 N–H and O–H groups in total. The first-order valence-electron chi connectivity index (χ1n) is 7.15. The van der Waals surface area contributed by atoms with Gasteiger partial charge in [-0.3, -0.25) is 4.79 Å². The quantitative estimate of drug-likeness (QED) is 0.792. The van der Waals surface area contributed by atoms with Gasteiger partial charge in [0.25, 0.3) is 0 Å². The Morgan fingerprint density at radius 3 is 2.57 bits per heavy atom. The van der Waals surface area contributed by atoms with E-state index in [0.29, 0.717) is 6.54 Å². The number of carbonyl (C=O) groups is 1. The Kier molecular flexibility index (Phi) is 5.96. The summed E-state index contributed by atoms with van der Waals surface area (Å²) in [5, 5.41) is 5.57. The van der Waals surface area contributed by atoms with Crippen molar-refractivity contribution in [3.63, 3.8) is 0 Å². The van der Waals surface area contributed by atoms with Crippen LogP contribution in [-0.4, -0.2) is 19.6 Å². The maximum Gasteiger partial charge on any atom is 0.314 e. The topological polar surface area (TPSA) is 38.3 Å². The lowest BCUT2D eigenvalue weighted by Crippen LogP contribution is -2.30. The van der Waals surface area contributed by atoms with Crippen LogP contribution in [0.1, 0.15) is 35.7 Å². The molecule has 0 radical (unpaired) electrons. The van der Waals surface area contributed by atoms with Gasteiger partial charge in [-0.05, 0) is 23.4 Å². The second kappa shape index (κ2) is 7.96. The maximum atomic E-state index is 12.0. The Morgan fingerprint density at radius 2 is 2.00 bits per heavy atom. The molecule has 3 nitrogen and oxygen atoms in total. The first-order chi connectivity index (χ1) is 10.3. The van der Waals surface area contributed by atoms with Gasteiger partial charge in [0, 0.05) is 17.5 Å². The molecule has 0 amide bonds. The highest BCUT2D eigenvalue weighted by Gasteiger charge is 2.22. The molecule has 0 aliphatic carbocycles. The molecule has 112 valence electrons. The van der Waals surface area contributed by atoms with Crippen molar-refractivity contribution in [2.24, 2.45) is 0 Å². The van der Waals surface area contributed by atoms with Gasteiger partial charge in [0.15, 0.2) is 0 Å². The van der Waals surface area contributed by atoms with Crippen LogP contribution in [0.25, 0.3) is 0 Å². The van der Waals surface area contributed by atoms with E-state index in [1.54, 1.807) is 11.3 Å². The summed E-state index contributed by atoms with van der Waals surface area (Å²) in [6.07, 6.45) is 0.989. The fraction of sp³-hybridized carbons (Fsp3) is 0.353.